The molecule has 4 aliphatic heterocycles. The Kier molecular flexibility index (Phi) is 32.7. The Morgan fingerprint density at radius 3 is 1.03 bits per heavy atom. The molecular formula is C86H84Cl6KN9O16. The molecule has 8 aromatic carbocycles. The molecule has 0 spiro atoms. The van der Waals surface area contributed by atoms with Crippen molar-refractivity contribution in [2.24, 2.45) is 0 Å². The first kappa shape index (κ1) is 92.3. The van der Waals surface area contributed by atoms with E-state index in [4.69, 9.17) is 81.7 Å². The first-order valence-corrected chi connectivity index (χ1v) is 38.8. The number of H-pyrrole nitrogens is 4. The number of amides is 4. The van der Waals surface area contributed by atoms with Gasteiger partial charge in [-0.1, -0.05) is 94.9 Å². The van der Waals surface area contributed by atoms with E-state index >= 15 is 0 Å². The molecule has 32 heteroatoms. The largest absolute Gasteiger partial charge is 1.00 e. The van der Waals surface area contributed by atoms with Crippen LogP contribution in [0.1, 0.15) is 112 Å². The van der Waals surface area contributed by atoms with Crippen molar-refractivity contribution in [1.82, 2.24) is 45.3 Å². The molecule has 8 heterocycles. The molecule has 612 valence electrons. The number of ether oxygens (including phenoxy) is 6. The van der Waals surface area contributed by atoms with Crippen LogP contribution in [0, 0.1) is 0 Å². The standard InChI is InChI=1S/C22H22ClN3O3.C22H21ClN2O4.C20H17ClN2O4.C18H17ClN2O.C4H5ClO3.ClH.K.H2O/c1-3-24-21(27)22(28)26-11-10-16-17-12-14(23)6-9-18(17)25-19(16)20(26)13-4-7-15(29-2)8-5-13;1-3-29-22(27)21(26)25-11-10-16-17-12-14(23)6-9-18(17)24-19(16)20(25)13-4-7-15(28-2)8-5-13;1-27-13-5-2-11(3-6-13)18-17-14(8-9-23(18)19(24)20(25)26)15-10-12(21)4-7-16(15)22-17;1-22-13-5-2-11(3-6-13)17-18-14(8-9-20-17)15-10-12(19)4-7-16(15)21-18;1-2-8-4(7)3(5)6;;;/h4-9,12,20,25H,3,10-11H2,1-2H3,(H,24,27);4-9,12,20,24H,3,10-11H2,1-2H3;2-7,10,18,22H,8-9H2,1H3,(H,25,26);2-7,10,17,20-21H,8-9H2,1H3;2H2,1H3;1H;;1H2/q;;;;;;+1;/p-1. The van der Waals surface area contributed by atoms with Crippen LogP contribution in [0.3, 0.4) is 0 Å². The number of carbonyl (C=O) groups is 8. The first-order chi connectivity index (χ1) is 55.5. The Morgan fingerprint density at radius 2 is 0.729 bits per heavy atom. The van der Waals surface area contributed by atoms with E-state index < -0.39 is 64.9 Å². The number of carboxylic acid groups (broad SMARTS) is 1. The Balaban J connectivity index is 0.000000173. The minimum absolute atomic E-state index is 0. The van der Waals surface area contributed by atoms with E-state index in [1.165, 1.54) is 27.1 Å². The summed E-state index contributed by atoms with van der Waals surface area (Å²) in [5.41, 5.74) is 16.3. The van der Waals surface area contributed by atoms with Gasteiger partial charge in [-0.25, -0.2) is 14.4 Å². The SMILES string of the molecule is CCNC(=O)C(=O)N1CCc2c([nH]c3ccc(Cl)cc23)C1c1ccc(OC)cc1.CCOC(=O)C(=O)Cl.CCOC(=O)C(=O)N1CCc2c([nH]c3ccc(Cl)cc23)C1c1ccc(OC)cc1.COc1ccc(C2NCCc3c2[nH]c2ccc(Cl)cc32)cc1.COc1ccc(C2c3[nH]c4ccc(Cl)cc4c3CCN2C(=O)C(=O)O)cc1.Cl.[K+].[OH-]. The van der Waals surface area contributed by atoms with Crippen molar-refractivity contribution in [2.75, 3.05) is 74.4 Å². The fraction of sp³-hybridized carbons (Fsp3) is 0.256. The molecule has 4 atom stereocenters. The van der Waals surface area contributed by atoms with Crippen molar-refractivity contribution >= 4 is 161 Å². The van der Waals surface area contributed by atoms with Crippen molar-refractivity contribution in [2.45, 2.75) is 70.6 Å². The summed E-state index contributed by atoms with van der Waals surface area (Å²) in [6.07, 6.45) is 2.84. The zero-order valence-corrected chi connectivity index (χ0v) is 73.2. The van der Waals surface area contributed by atoms with Gasteiger partial charge in [-0.15, -0.1) is 12.4 Å². The average Bonchev–Trinajstić information content (AvgIpc) is 1.60. The van der Waals surface area contributed by atoms with Gasteiger partial charge >= 0.3 is 98.2 Å². The molecule has 118 heavy (non-hydrogen) atoms. The van der Waals surface area contributed by atoms with Gasteiger partial charge in [-0.2, -0.15) is 0 Å². The molecule has 0 saturated heterocycles. The van der Waals surface area contributed by atoms with Crippen LogP contribution in [0.15, 0.2) is 170 Å². The van der Waals surface area contributed by atoms with Gasteiger partial charge in [0.1, 0.15) is 23.0 Å². The number of aromatic nitrogens is 4. The number of benzene rings is 8. The molecule has 8 N–H and O–H groups in total. The monoisotopic (exact) mass is 1750 g/mol. The summed E-state index contributed by atoms with van der Waals surface area (Å²) in [4.78, 5) is 112. The normalized spacial score (nSPS) is 15.3. The maximum absolute atomic E-state index is 12.9. The third-order valence-corrected chi connectivity index (χ3v) is 21.4. The number of likely N-dealkylation sites (N-methyl/N-ethyl adjacent to an activating group) is 1. The fourth-order valence-corrected chi connectivity index (χ4v) is 15.8. The van der Waals surface area contributed by atoms with E-state index in [9.17, 15) is 43.5 Å². The smallest absolute Gasteiger partial charge is 0.870 e. The number of halogens is 6. The van der Waals surface area contributed by atoms with Crippen LogP contribution in [0.5, 0.6) is 23.0 Å². The van der Waals surface area contributed by atoms with Gasteiger partial charge in [0.2, 0.25) is 0 Å². The fourth-order valence-electron chi connectivity index (χ4n) is 15.1. The number of carboxylic acids is 1. The molecular weight excluding hydrogens is 1670 g/mol. The number of aromatic amines is 4. The van der Waals surface area contributed by atoms with Crippen LogP contribution in [-0.4, -0.2) is 166 Å². The van der Waals surface area contributed by atoms with Gasteiger partial charge in [-0.3, -0.25) is 24.0 Å². The Morgan fingerprint density at radius 1 is 0.424 bits per heavy atom. The van der Waals surface area contributed by atoms with Crippen LogP contribution in [-0.2, 0) is 73.5 Å². The van der Waals surface area contributed by atoms with E-state index in [0.717, 1.165) is 124 Å². The van der Waals surface area contributed by atoms with Gasteiger partial charge in [-0.05, 0) is 224 Å². The molecule has 12 aromatic rings. The summed E-state index contributed by atoms with van der Waals surface area (Å²) in [6, 6.07) is 52.5. The quantitative estimate of drug-likeness (QED) is 0.0259. The molecule has 4 aromatic heterocycles. The van der Waals surface area contributed by atoms with Gasteiger partial charge in [0.05, 0.1) is 65.8 Å². The summed E-state index contributed by atoms with van der Waals surface area (Å²) in [6.45, 7) is 7.93. The van der Waals surface area contributed by atoms with Crippen LogP contribution in [0.2, 0.25) is 20.1 Å². The molecule has 0 radical (unpaired) electrons. The number of esters is 2. The summed E-state index contributed by atoms with van der Waals surface area (Å²) in [5, 5.41) is 21.5. The number of rotatable bonds is 12. The molecule has 16 rings (SSSR count). The number of methoxy groups -OCH3 is 4. The van der Waals surface area contributed by atoms with Crippen molar-refractivity contribution < 1.29 is 129 Å². The van der Waals surface area contributed by atoms with E-state index in [1.54, 1.807) is 77.2 Å². The second kappa shape index (κ2) is 41.9. The first-order valence-electron chi connectivity index (χ1n) is 37.0. The second-order valence-electron chi connectivity index (χ2n) is 26.9. The third kappa shape index (κ3) is 20.4. The van der Waals surface area contributed by atoms with E-state index in [2.05, 4.69) is 59.6 Å². The van der Waals surface area contributed by atoms with Crippen molar-refractivity contribution in [3.63, 3.8) is 0 Å². The Labute approximate surface area is 753 Å². The minimum atomic E-state index is -1.46. The predicted molar refractivity (Wildman–Crippen MR) is 450 cm³/mol. The van der Waals surface area contributed by atoms with Crippen LogP contribution >= 0.6 is 70.4 Å². The van der Waals surface area contributed by atoms with Crippen LogP contribution in [0.4, 0.5) is 0 Å². The van der Waals surface area contributed by atoms with E-state index in [0.29, 0.717) is 66.3 Å². The number of hydrogen-bond acceptors (Lipinski definition) is 16. The number of nitrogens with zero attached hydrogens (tertiary/aromatic N) is 3. The number of aliphatic carboxylic acids is 1. The van der Waals surface area contributed by atoms with E-state index in [-0.39, 0.29) is 88.5 Å². The third-order valence-electron chi connectivity index (χ3n) is 20.3. The maximum atomic E-state index is 12.9. The van der Waals surface area contributed by atoms with Crippen molar-refractivity contribution in [3.8, 4) is 23.0 Å². The maximum Gasteiger partial charge on any atom is 1.00 e. The molecule has 4 amide bonds. The number of hydrogen-bond donors (Lipinski definition) is 7. The zero-order chi connectivity index (χ0) is 81.9. The summed E-state index contributed by atoms with van der Waals surface area (Å²) >= 11 is 29.4. The molecule has 4 unspecified atom stereocenters. The Hall–Kier alpha value is -9.62. The van der Waals surface area contributed by atoms with Gasteiger partial charge in [0, 0.05) is 119 Å². The van der Waals surface area contributed by atoms with Gasteiger partial charge in [0.25, 0.3) is 0 Å². The predicted octanol–water partition coefficient (Wildman–Crippen LogP) is 12.3. The topological polar surface area (TPSA) is 339 Å². The second-order valence-corrected chi connectivity index (χ2v) is 29.0. The number of fused-ring (bicyclic) bond motifs is 12. The van der Waals surface area contributed by atoms with E-state index in [1.807, 2.05) is 127 Å². The zero-order valence-electron chi connectivity index (χ0n) is 65.5. The van der Waals surface area contributed by atoms with Crippen molar-refractivity contribution in [1.29, 1.82) is 0 Å². The summed E-state index contributed by atoms with van der Waals surface area (Å²) in [7, 11) is 6.48. The van der Waals surface area contributed by atoms with Gasteiger partial charge < -0.3 is 84.3 Å². The average molecular weight is 1750 g/mol. The molecule has 0 aliphatic carbocycles. The minimum Gasteiger partial charge on any atom is -0.870 e. The molecule has 25 nitrogen and oxygen atoms in total. The van der Waals surface area contributed by atoms with Crippen LogP contribution < -0.4 is 81.0 Å². The molecule has 0 fully saturated rings. The van der Waals surface area contributed by atoms with Crippen molar-refractivity contribution in [3.05, 3.63) is 257 Å². The molecule has 0 bridgehead atoms. The summed E-state index contributed by atoms with van der Waals surface area (Å²) in [5.74, 6) is -2.96. The number of nitrogens with one attached hydrogen (secondary N) is 6. The molecule has 0 saturated carbocycles. The summed E-state index contributed by atoms with van der Waals surface area (Å²) < 4.78 is 30.1. The van der Waals surface area contributed by atoms with Gasteiger partial charge in [0.15, 0.2) is 0 Å². The number of carbonyl (C=O) groups excluding carboxylic acids is 7. The molecule has 4 aliphatic rings. The van der Waals surface area contributed by atoms with Crippen LogP contribution in [0.25, 0.3) is 43.6 Å². The Bertz CT molecular complexity index is 5450.